The fraction of sp³-hybridized carbons (Fsp3) is 0.222. The first-order chi connectivity index (χ1) is 13.4. The highest BCUT2D eigenvalue weighted by atomic mass is 16.6. The van der Waals surface area contributed by atoms with Gasteiger partial charge < -0.3 is 9.80 Å². The van der Waals surface area contributed by atoms with Crippen LogP contribution in [0.3, 0.4) is 0 Å². The molecule has 10 nitrogen and oxygen atoms in total. The molecule has 1 aliphatic rings. The van der Waals surface area contributed by atoms with Crippen molar-refractivity contribution in [2.75, 3.05) is 31.1 Å². The Morgan fingerprint density at radius 2 is 1.54 bits per heavy atom. The molecule has 1 saturated heterocycles. The molecule has 2 aromatic rings. The largest absolute Gasteiger partial charge is 0.353 e. The van der Waals surface area contributed by atoms with E-state index >= 15 is 0 Å². The van der Waals surface area contributed by atoms with Crippen LogP contribution in [0.4, 0.5) is 17.2 Å². The SMILES string of the molecule is O=C(/C=C/c1ccc([N+](=O)[O-])cc1)N1CCN(c2ccc([N+](=O)[O-])cn2)CC1. The number of nitrogens with zero attached hydrogens (tertiary/aromatic N) is 5. The Labute approximate surface area is 160 Å². The van der Waals surface area contributed by atoms with E-state index in [4.69, 9.17) is 0 Å². The summed E-state index contributed by atoms with van der Waals surface area (Å²) in [6, 6.07) is 8.96. The summed E-state index contributed by atoms with van der Waals surface area (Å²) in [6.07, 6.45) is 4.29. The number of amides is 1. The molecular formula is C18H17N5O5. The maximum atomic E-state index is 12.3. The molecule has 0 aliphatic carbocycles. The molecule has 1 amide bonds. The summed E-state index contributed by atoms with van der Waals surface area (Å²) < 4.78 is 0. The molecule has 28 heavy (non-hydrogen) atoms. The Morgan fingerprint density at radius 1 is 0.929 bits per heavy atom. The molecule has 10 heteroatoms. The average molecular weight is 383 g/mol. The van der Waals surface area contributed by atoms with Crippen LogP contribution in [0.1, 0.15) is 5.56 Å². The quantitative estimate of drug-likeness (QED) is 0.441. The van der Waals surface area contributed by atoms with Gasteiger partial charge in [-0.25, -0.2) is 4.98 Å². The van der Waals surface area contributed by atoms with Crippen molar-refractivity contribution in [3.63, 3.8) is 0 Å². The number of nitro groups is 2. The highest BCUT2D eigenvalue weighted by Crippen LogP contribution is 2.18. The lowest BCUT2D eigenvalue weighted by Crippen LogP contribution is -2.48. The van der Waals surface area contributed by atoms with Gasteiger partial charge in [-0.2, -0.15) is 0 Å². The summed E-state index contributed by atoms with van der Waals surface area (Å²) in [5.41, 5.74) is 0.640. The molecule has 0 atom stereocenters. The van der Waals surface area contributed by atoms with Gasteiger partial charge in [0.15, 0.2) is 0 Å². The van der Waals surface area contributed by atoms with Crippen LogP contribution in [0.15, 0.2) is 48.7 Å². The molecule has 0 saturated carbocycles. The molecule has 0 spiro atoms. The van der Waals surface area contributed by atoms with Crippen molar-refractivity contribution in [3.8, 4) is 0 Å². The lowest BCUT2D eigenvalue weighted by molar-refractivity contribution is -0.385. The predicted molar refractivity (Wildman–Crippen MR) is 102 cm³/mol. The van der Waals surface area contributed by atoms with E-state index in [1.807, 2.05) is 4.90 Å². The van der Waals surface area contributed by atoms with Crippen molar-refractivity contribution in [2.24, 2.45) is 0 Å². The summed E-state index contributed by atoms with van der Waals surface area (Å²) in [5.74, 6) is 0.494. The minimum absolute atomic E-state index is 0.000507. The van der Waals surface area contributed by atoms with Crippen molar-refractivity contribution < 1.29 is 14.6 Å². The number of rotatable bonds is 5. The van der Waals surface area contributed by atoms with Crippen molar-refractivity contribution in [2.45, 2.75) is 0 Å². The first kappa shape index (κ1) is 19.0. The number of aromatic nitrogens is 1. The van der Waals surface area contributed by atoms with Crippen LogP contribution in [0.2, 0.25) is 0 Å². The normalized spacial score (nSPS) is 14.3. The molecule has 1 aromatic heterocycles. The Hall–Kier alpha value is -3.82. The minimum atomic E-state index is -0.495. The highest BCUT2D eigenvalue weighted by molar-refractivity contribution is 5.92. The van der Waals surface area contributed by atoms with Gasteiger partial charge in [-0.15, -0.1) is 0 Å². The van der Waals surface area contributed by atoms with Gasteiger partial charge in [-0.05, 0) is 29.8 Å². The number of benzene rings is 1. The molecule has 2 heterocycles. The van der Waals surface area contributed by atoms with Crippen molar-refractivity contribution in [1.82, 2.24) is 9.88 Å². The Bertz CT molecular complexity index is 903. The standard InChI is InChI=1S/C18H17N5O5/c24-18(8-3-14-1-4-15(5-2-14)22(25)26)21-11-9-20(10-12-21)17-7-6-16(13-19-17)23(27)28/h1-8,13H,9-12H2/b8-3+. The van der Waals surface area contributed by atoms with Gasteiger partial charge in [0.25, 0.3) is 11.4 Å². The first-order valence-corrected chi connectivity index (χ1v) is 8.51. The molecule has 1 aliphatic heterocycles. The molecule has 3 rings (SSSR count). The van der Waals surface area contributed by atoms with E-state index in [1.54, 1.807) is 29.2 Å². The lowest BCUT2D eigenvalue weighted by atomic mass is 10.2. The lowest BCUT2D eigenvalue weighted by Gasteiger charge is -2.34. The monoisotopic (exact) mass is 383 g/mol. The van der Waals surface area contributed by atoms with Crippen molar-refractivity contribution in [3.05, 3.63) is 74.5 Å². The van der Waals surface area contributed by atoms with Crippen molar-refractivity contribution in [1.29, 1.82) is 0 Å². The van der Waals surface area contributed by atoms with Crippen LogP contribution in [0.5, 0.6) is 0 Å². The van der Waals surface area contributed by atoms with E-state index in [0.29, 0.717) is 37.6 Å². The fourth-order valence-electron chi connectivity index (χ4n) is 2.81. The summed E-state index contributed by atoms with van der Waals surface area (Å²) >= 11 is 0. The Balaban J connectivity index is 1.54. The summed E-state index contributed by atoms with van der Waals surface area (Å²) in [6.45, 7) is 2.15. The van der Waals surface area contributed by atoms with Gasteiger partial charge >= 0.3 is 0 Å². The Morgan fingerprint density at radius 3 is 2.07 bits per heavy atom. The predicted octanol–water partition coefficient (Wildman–Crippen LogP) is 2.26. The van der Waals surface area contributed by atoms with E-state index in [0.717, 1.165) is 0 Å². The van der Waals surface area contributed by atoms with Gasteiger partial charge in [0, 0.05) is 50.5 Å². The summed E-state index contributed by atoms with van der Waals surface area (Å²) in [7, 11) is 0. The number of hydrogen-bond donors (Lipinski definition) is 0. The number of carbonyl (C=O) groups excluding carboxylic acids is 1. The molecule has 1 fully saturated rings. The zero-order valence-corrected chi connectivity index (χ0v) is 14.8. The smallest absolute Gasteiger partial charge is 0.287 e. The van der Waals surface area contributed by atoms with Gasteiger partial charge in [0.1, 0.15) is 12.0 Å². The third kappa shape index (κ3) is 4.47. The number of hydrogen-bond acceptors (Lipinski definition) is 7. The number of piperazine rings is 1. The van der Waals surface area contributed by atoms with Gasteiger partial charge in [0.2, 0.25) is 5.91 Å². The number of non-ortho nitro benzene ring substituents is 1. The number of anilines is 1. The van der Waals surface area contributed by atoms with Crippen molar-refractivity contribution >= 4 is 29.2 Å². The summed E-state index contributed by atoms with van der Waals surface area (Å²) in [4.78, 5) is 40.5. The average Bonchev–Trinajstić information content (AvgIpc) is 2.72. The third-order valence-corrected chi connectivity index (χ3v) is 4.38. The maximum Gasteiger partial charge on any atom is 0.287 e. The molecule has 0 radical (unpaired) electrons. The molecule has 1 aromatic carbocycles. The number of carbonyl (C=O) groups is 1. The topological polar surface area (TPSA) is 123 Å². The van der Waals surface area contributed by atoms with Crippen LogP contribution >= 0.6 is 0 Å². The second-order valence-corrected chi connectivity index (χ2v) is 6.13. The van der Waals surface area contributed by atoms with E-state index in [2.05, 4.69) is 4.98 Å². The molecule has 144 valence electrons. The second-order valence-electron chi connectivity index (χ2n) is 6.13. The zero-order chi connectivity index (χ0) is 20.1. The molecular weight excluding hydrogens is 366 g/mol. The van der Waals surface area contributed by atoms with Crippen LogP contribution in [-0.4, -0.2) is 51.8 Å². The number of nitro benzene ring substituents is 1. The first-order valence-electron chi connectivity index (χ1n) is 8.51. The van der Waals surface area contributed by atoms with Gasteiger partial charge in [-0.3, -0.25) is 25.0 Å². The van der Waals surface area contributed by atoms with Crippen LogP contribution in [-0.2, 0) is 4.79 Å². The second kappa shape index (κ2) is 8.25. The van der Waals surface area contributed by atoms with Gasteiger partial charge in [0.05, 0.1) is 9.85 Å². The van der Waals surface area contributed by atoms with E-state index in [9.17, 15) is 25.0 Å². The van der Waals surface area contributed by atoms with Gasteiger partial charge in [-0.1, -0.05) is 0 Å². The molecule has 0 bridgehead atoms. The Kier molecular flexibility index (Phi) is 5.58. The van der Waals surface area contributed by atoms with Crippen LogP contribution < -0.4 is 4.90 Å². The minimum Gasteiger partial charge on any atom is -0.353 e. The highest BCUT2D eigenvalue weighted by Gasteiger charge is 2.21. The van der Waals surface area contributed by atoms with Crippen LogP contribution in [0, 0.1) is 20.2 Å². The zero-order valence-electron chi connectivity index (χ0n) is 14.8. The van der Waals surface area contributed by atoms with E-state index in [1.165, 1.54) is 30.5 Å². The molecule has 0 unspecified atom stereocenters. The third-order valence-electron chi connectivity index (χ3n) is 4.38. The fourth-order valence-corrected chi connectivity index (χ4v) is 2.81. The number of pyridine rings is 1. The van der Waals surface area contributed by atoms with E-state index < -0.39 is 9.85 Å². The maximum absolute atomic E-state index is 12.3. The summed E-state index contributed by atoms with van der Waals surface area (Å²) in [5, 5.41) is 21.3. The van der Waals surface area contributed by atoms with E-state index in [-0.39, 0.29) is 17.3 Å². The molecule has 0 N–H and O–H groups in total. The van der Waals surface area contributed by atoms with Crippen LogP contribution in [0.25, 0.3) is 6.08 Å².